The Balaban J connectivity index is 0.00000208. The zero-order valence-electron chi connectivity index (χ0n) is 14.7. The smallest absolute Gasteiger partial charge is 0.225 e. The molecule has 0 unspecified atom stereocenters. The molecule has 0 spiro atoms. The van der Waals surface area contributed by atoms with Crippen molar-refractivity contribution in [1.82, 2.24) is 10.2 Å². The molecule has 0 aromatic heterocycles. The summed E-state index contributed by atoms with van der Waals surface area (Å²) in [6, 6.07) is 6.06. The van der Waals surface area contributed by atoms with Gasteiger partial charge in [-0.15, -0.1) is 12.4 Å². The number of nitrogens with zero attached hydrogens (tertiary/aromatic N) is 1. The van der Waals surface area contributed by atoms with Crippen molar-refractivity contribution in [3.8, 4) is 5.75 Å². The second-order valence-electron chi connectivity index (χ2n) is 6.93. The van der Waals surface area contributed by atoms with Crippen molar-refractivity contribution in [2.75, 3.05) is 32.8 Å². The van der Waals surface area contributed by atoms with Gasteiger partial charge in [-0.2, -0.15) is 0 Å². The van der Waals surface area contributed by atoms with E-state index in [0.717, 1.165) is 62.2 Å². The van der Waals surface area contributed by atoms with Gasteiger partial charge in [-0.3, -0.25) is 4.79 Å². The standard InChI is InChI=1S/C19H28N2O2.ClH/c1-14-4-3-5-18(15(14)2)23-11-8-19(22)21-9-6-16-12-20-13-17(16)7-10-21;/h3-5,16-17,20H,6-13H2,1-2H3;1H/t16-,17+;. The molecule has 0 aliphatic carbocycles. The fourth-order valence-corrected chi connectivity index (χ4v) is 3.75. The first kappa shape index (κ1) is 19.1. The van der Waals surface area contributed by atoms with E-state index < -0.39 is 0 Å². The molecule has 1 N–H and O–H groups in total. The molecule has 1 aromatic carbocycles. The van der Waals surface area contributed by atoms with Crippen LogP contribution in [0.3, 0.4) is 0 Å². The van der Waals surface area contributed by atoms with Gasteiger partial charge >= 0.3 is 0 Å². The highest BCUT2D eigenvalue weighted by Gasteiger charge is 2.31. The van der Waals surface area contributed by atoms with Crippen molar-refractivity contribution in [2.45, 2.75) is 33.1 Å². The molecule has 4 nitrogen and oxygen atoms in total. The third kappa shape index (κ3) is 4.42. The average Bonchev–Trinajstić information content (AvgIpc) is 2.90. The summed E-state index contributed by atoms with van der Waals surface area (Å²) in [6.45, 7) is 8.68. The summed E-state index contributed by atoms with van der Waals surface area (Å²) in [5, 5.41) is 3.47. The number of hydrogen-bond donors (Lipinski definition) is 1. The van der Waals surface area contributed by atoms with Crippen LogP contribution in [0.1, 0.15) is 30.4 Å². The van der Waals surface area contributed by atoms with Crippen LogP contribution >= 0.6 is 12.4 Å². The van der Waals surface area contributed by atoms with E-state index in [0.29, 0.717) is 13.0 Å². The Kier molecular flexibility index (Phi) is 6.93. The maximum atomic E-state index is 12.4. The predicted octanol–water partition coefficient (Wildman–Crippen LogP) is 2.95. The average molecular weight is 353 g/mol. The number of hydrogen-bond acceptors (Lipinski definition) is 3. The topological polar surface area (TPSA) is 41.6 Å². The highest BCUT2D eigenvalue weighted by atomic mass is 35.5. The summed E-state index contributed by atoms with van der Waals surface area (Å²) in [4.78, 5) is 14.5. The first-order valence-corrected chi connectivity index (χ1v) is 8.82. The van der Waals surface area contributed by atoms with Gasteiger partial charge in [0, 0.05) is 13.1 Å². The summed E-state index contributed by atoms with van der Waals surface area (Å²) < 4.78 is 5.83. The van der Waals surface area contributed by atoms with E-state index in [2.05, 4.69) is 25.2 Å². The number of nitrogens with one attached hydrogen (secondary N) is 1. The van der Waals surface area contributed by atoms with Crippen molar-refractivity contribution >= 4 is 18.3 Å². The summed E-state index contributed by atoms with van der Waals surface area (Å²) in [6.07, 6.45) is 2.75. The van der Waals surface area contributed by atoms with Crippen LogP contribution in [0.15, 0.2) is 18.2 Å². The Hall–Kier alpha value is -1.26. The lowest BCUT2D eigenvalue weighted by Gasteiger charge is -2.21. The molecule has 3 rings (SSSR count). The Morgan fingerprint density at radius 3 is 2.54 bits per heavy atom. The van der Waals surface area contributed by atoms with Gasteiger partial charge in [0.05, 0.1) is 13.0 Å². The quantitative estimate of drug-likeness (QED) is 0.905. The maximum absolute atomic E-state index is 12.4. The summed E-state index contributed by atoms with van der Waals surface area (Å²) in [5.41, 5.74) is 2.39. The van der Waals surface area contributed by atoms with Crippen LogP contribution in [0.4, 0.5) is 0 Å². The molecule has 0 radical (unpaired) electrons. The van der Waals surface area contributed by atoms with Crippen LogP contribution in [-0.4, -0.2) is 43.6 Å². The van der Waals surface area contributed by atoms with Crippen LogP contribution in [0, 0.1) is 25.7 Å². The van der Waals surface area contributed by atoms with E-state index in [1.807, 2.05) is 17.0 Å². The first-order chi connectivity index (χ1) is 11.1. The van der Waals surface area contributed by atoms with Crippen molar-refractivity contribution in [3.05, 3.63) is 29.3 Å². The molecule has 2 aliphatic heterocycles. The first-order valence-electron chi connectivity index (χ1n) is 8.82. The van der Waals surface area contributed by atoms with Gasteiger partial charge in [0.1, 0.15) is 5.75 Å². The Morgan fingerprint density at radius 1 is 1.21 bits per heavy atom. The molecule has 2 fully saturated rings. The second-order valence-corrected chi connectivity index (χ2v) is 6.93. The minimum absolute atomic E-state index is 0. The lowest BCUT2D eigenvalue weighted by Crippen LogP contribution is -2.33. The number of carbonyl (C=O) groups is 1. The van der Waals surface area contributed by atoms with Gasteiger partial charge in [-0.05, 0) is 68.8 Å². The molecular formula is C19H29ClN2O2. The number of likely N-dealkylation sites (tertiary alicyclic amines) is 1. The zero-order chi connectivity index (χ0) is 16.2. The molecule has 24 heavy (non-hydrogen) atoms. The maximum Gasteiger partial charge on any atom is 0.225 e. The SMILES string of the molecule is Cc1cccc(OCCC(=O)N2CC[C@@H]3CNC[C@@H]3CC2)c1C.Cl. The number of ether oxygens (including phenoxy) is 1. The minimum Gasteiger partial charge on any atom is -0.493 e. The van der Waals surface area contributed by atoms with Crippen molar-refractivity contribution in [3.63, 3.8) is 0 Å². The van der Waals surface area contributed by atoms with Crippen molar-refractivity contribution in [1.29, 1.82) is 0 Å². The normalized spacial score (nSPS) is 23.2. The lowest BCUT2D eigenvalue weighted by atomic mass is 9.92. The summed E-state index contributed by atoms with van der Waals surface area (Å²) >= 11 is 0. The van der Waals surface area contributed by atoms with Crippen LogP contribution in [0.5, 0.6) is 5.75 Å². The molecule has 0 bridgehead atoms. The van der Waals surface area contributed by atoms with Crippen LogP contribution < -0.4 is 10.1 Å². The second kappa shape index (κ2) is 8.72. The third-order valence-electron chi connectivity index (χ3n) is 5.50. The largest absolute Gasteiger partial charge is 0.493 e. The van der Waals surface area contributed by atoms with E-state index in [-0.39, 0.29) is 18.3 Å². The number of aryl methyl sites for hydroxylation is 1. The molecule has 2 atom stereocenters. The number of carbonyl (C=O) groups excluding carboxylic acids is 1. The molecule has 0 saturated carbocycles. The molecule has 134 valence electrons. The van der Waals surface area contributed by atoms with E-state index >= 15 is 0 Å². The zero-order valence-corrected chi connectivity index (χ0v) is 15.5. The Morgan fingerprint density at radius 2 is 1.88 bits per heavy atom. The molecule has 2 heterocycles. The number of rotatable bonds is 4. The fraction of sp³-hybridized carbons (Fsp3) is 0.632. The molecular weight excluding hydrogens is 324 g/mol. The van der Waals surface area contributed by atoms with Gasteiger partial charge in [0.25, 0.3) is 0 Å². The molecule has 1 aromatic rings. The van der Waals surface area contributed by atoms with Crippen LogP contribution in [-0.2, 0) is 4.79 Å². The molecule has 1 amide bonds. The number of benzene rings is 1. The van der Waals surface area contributed by atoms with Gasteiger partial charge in [-0.25, -0.2) is 0 Å². The minimum atomic E-state index is 0. The Labute approximate surface area is 151 Å². The number of fused-ring (bicyclic) bond motifs is 1. The predicted molar refractivity (Wildman–Crippen MR) is 98.9 cm³/mol. The van der Waals surface area contributed by atoms with Gasteiger partial charge in [0.2, 0.25) is 5.91 Å². The molecule has 2 saturated heterocycles. The van der Waals surface area contributed by atoms with Gasteiger partial charge in [0.15, 0.2) is 0 Å². The van der Waals surface area contributed by atoms with Crippen molar-refractivity contribution < 1.29 is 9.53 Å². The fourth-order valence-electron chi connectivity index (χ4n) is 3.75. The molecule has 2 aliphatic rings. The third-order valence-corrected chi connectivity index (χ3v) is 5.50. The Bertz CT molecular complexity index is 550. The van der Waals surface area contributed by atoms with Crippen LogP contribution in [0.25, 0.3) is 0 Å². The molecule has 5 heteroatoms. The van der Waals surface area contributed by atoms with E-state index in [9.17, 15) is 4.79 Å². The van der Waals surface area contributed by atoms with E-state index in [1.54, 1.807) is 0 Å². The highest BCUT2D eigenvalue weighted by Crippen LogP contribution is 2.27. The monoisotopic (exact) mass is 352 g/mol. The summed E-state index contributed by atoms with van der Waals surface area (Å²) in [5.74, 6) is 2.66. The van der Waals surface area contributed by atoms with E-state index in [4.69, 9.17) is 4.74 Å². The highest BCUT2D eigenvalue weighted by molar-refractivity contribution is 5.85. The summed E-state index contributed by atoms with van der Waals surface area (Å²) in [7, 11) is 0. The number of amides is 1. The lowest BCUT2D eigenvalue weighted by molar-refractivity contribution is -0.131. The number of halogens is 1. The van der Waals surface area contributed by atoms with Crippen LogP contribution in [0.2, 0.25) is 0 Å². The van der Waals surface area contributed by atoms with Crippen molar-refractivity contribution in [2.24, 2.45) is 11.8 Å². The van der Waals surface area contributed by atoms with E-state index in [1.165, 1.54) is 5.56 Å². The van der Waals surface area contributed by atoms with Gasteiger partial charge < -0.3 is 15.0 Å². The van der Waals surface area contributed by atoms with Gasteiger partial charge in [-0.1, -0.05) is 12.1 Å².